The van der Waals surface area contributed by atoms with Crippen LogP contribution >= 0.6 is 12.4 Å². The molecule has 3 nitrogen and oxygen atoms in total. The van der Waals surface area contributed by atoms with Crippen molar-refractivity contribution in [2.45, 2.75) is 0 Å². The molecule has 0 saturated heterocycles. The Hall–Kier alpha value is -2.13. The van der Waals surface area contributed by atoms with E-state index in [-0.39, 0.29) is 12.4 Å². The van der Waals surface area contributed by atoms with Gasteiger partial charge in [-0.1, -0.05) is 24.3 Å². The summed E-state index contributed by atoms with van der Waals surface area (Å²) < 4.78 is 0. The highest BCUT2D eigenvalue weighted by Gasteiger charge is 1.99. The zero-order valence-corrected chi connectivity index (χ0v) is 10.3. The summed E-state index contributed by atoms with van der Waals surface area (Å²) in [6.07, 6.45) is 7.35. The number of pyridine rings is 1. The van der Waals surface area contributed by atoms with Gasteiger partial charge in [0.1, 0.15) is 0 Å². The Bertz CT molecular complexity index is 535. The molecule has 0 bridgehead atoms. The van der Waals surface area contributed by atoms with E-state index in [0.29, 0.717) is 5.56 Å². The number of carboxylic acids is 1. The lowest BCUT2D eigenvalue weighted by molar-refractivity contribution is 0.0697. The van der Waals surface area contributed by atoms with Crippen molar-refractivity contribution in [3.63, 3.8) is 0 Å². The van der Waals surface area contributed by atoms with Gasteiger partial charge in [-0.3, -0.25) is 4.98 Å². The van der Waals surface area contributed by atoms with Gasteiger partial charge < -0.3 is 5.11 Å². The topological polar surface area (TPSA) is 50.2 Å². The molecule has 0 amide bonds. The van der Waals surface area contributed by atoms with Crippen LogP contribution in [-0.2, 0) is 0 Å². The van der Waals surface area contributed by atoms with Crippen molar-refractivity contribution in [1.82, 2.24) is 4.98 Å². The van der Waals surface area contributed by atoms with Gasteiger partial charge in [0.25, 0.3) is 0 Å². The fourth-order valence-electron chi connectivity index (χ4n) is 1.40. The Morgan fingerprint density at radius 2 is 1.44 bits per heavy atom. The highest BCUT2D eigenvalue weighted by atomic mass is 35.5. The van der Waals surface area contributed by atoms with Crippen LogP contribution in [0.15, 0.2) is 48.8 Å². The molecule has 0 aliphatic heterocycles. The number of hydrogen-bond donors (Lipinski definition) is 1. The van der Waals surface area contributed by atoms with Gasteiger partial charge in [0.05, 0.1) is 5.56 Å². The number of carboxylic acid groups (broad SMARTS) is 1. The van der Waals surface area contributed by atoms with Gasteiger partial charge in [0, 0.05) is 12.4 Å². The molecule has 0 saturated carbocycles. The summed E-state index contributed by atoms with van der Waals surface area (Å²) in [5.41, 5.74) is 2.32. The second-order valence-electron chi connectivity index (χ2n) is 3.54. The first-order valence-corrected chi connectivity index (χ1v) is 5.17. The summed E-state index contributed by atoms with van der Waals surface area (Å²) in [4.78, 5) is 14.6. The smallest absolute Gasteiger partial charge is 0.335 e. The third kappa shape index (κ3) is 3.71. The lowest BCUT2D eigenvalue weighted by Crippen LogP contribution is -1.94. The Morgan fingerprint density at radius 1 is 0.944 bits per heavy atom. The van der Waals surface area contributed by atoms with Crippen molar-refractivity contribution in [2.24, 2.45) is 0 Å². The van der Waals surface area contributed by atoms with Crippen LogP contribution in [0.25, 0.3) is 12.2 Å². The van der Waals surface area contributed by atoms with E-state index < -0.39 is 5.97 Å². The maximum atomic E-state index is 10.7. The van der Waals surface area contributed by atoms with Crippen molar-refractivity contribution in [2.75, 3.05) is 0 Å². The Morgan fingerprint density at radius 3 is 1.94 bits per heavy atom. The zero-order valence-electron chi connectivity index (χ0n) is 9.48. The minimum Gasteiger partial charge on any atom is -0.478 e. The average molecular weight is 262 g/mol. The van der Waals surface area contributed by atoms with Crippen LogP contribution in [-0.4, -0.2) is 16.1 Å². The molecule has 2 rings (SSSR count). The van der Waals surface area contributed by atoms with Gasteiger partial charge in [-0.2, -0.15) is 0 Å². The zero-order chi connectivity index (χ0) is 12.1. The fourth-order valence-corrected chi connectivity index (χ4v) is 1.40. The summed E-state index contributed by atoms with van der Waals surface area (Å²) in [6.45, 7) is 0. The maximum absolute atomic E-state index is 10.7. The molecule has 0 unspecified atom stereocenters. The van der Waals surface area contributed by atoms with Crippen molar-refractivity contribution in [3.05, 3.63) is 65.5 Å². The first kappa shape index (κ1) is 13.9. The van der Waals surface area contributed by atoms with E-state index >= 15 is 0 Å². The van der Waals surface area contributed by atoms with Crippen LogP contribution in [0.2, 0.25) is 0 Å². The van der Waals surface area contributed by atoms with E-state index in [9.17, 15) is 4.79 Å². The van der Waals surface area contributed by atoms with Crippen LogP contribution in [0.5, 0.6) is 0 Å². The standard InChI is InChI=1S/C14H11NO2.ClH/c16-14(17)13-5-3-11(4-6-13)1-2-12-7-9-15-10-8-12;/h1-10H,(H,16,17);1H/b2-1+;. The number of aromatic nitrogens is 1. The predicted molar refractivity (Wildman–Crippen MR) is 73.8 cm³/mol. The monoisotopic (exact) mass is 261 g/mol. The van der Waals surface area contributed by atoms with Crippen molar-refractivity contribution in [1.29, 1.82) is 0 Å². The molecular weight excluding hydrogens is 250 g/mol. The molecule has 92 valence electrons. The molecule has 0 fully saturated rings. The number of nitrogens with zero attached hydrogens (tertiary/aromatic N) is 1. The minimum absolute atomic E-state index is 0. The summed E-state index contributed by atoms with van der Waals surface area (Å²) in [5, 5.41) is 8.76. The van der Waals surface area contributed by atoms with Crippen molar-refractivity contribution in [3.8, 4) is 0 Å². The number of rotatable bonds is 3. The molecule has 1 aromatic carbocycles. The molecule has 0 aliphatic rings. The lowest BCUT2D eigenvalue weighted by Gasteiger charge is -1.96. The minimum atomic E-state index is -0.908. The van der Waals surface area contributed by atoms with Crippen LogP contribution in [0.3, 0.4) is 0 Å². The summed E-state index contributed by atoms with van der Waals surface area (Å²) in [5.74, 6) is -0.908. The van der Waals surface area contributed by atoms with Crippen LogP contribution < -0.4 is 0 Å². The highest BCUT2D eigenvalue weighted by Crippen LogP contribution is 2.09. The molecule has 0 spiro atoms. The largest absolute Gasteiger partial charge is 0.478 e. The van der Waals surface area contributed by atoms with Crippen LogP contribution in [0.1, 0.15) is 21.5 Å². The van der Waals surface area contributed by atoms with E-state index in [1.807, 2.05) is 24.3 Å². The van der Waals surface area contributed by atoms with Gasteiger partial charge in [-0.15, -0.1) is 12.4 Å². The summed E-state index contributed by atoms with van der Waals surface area (Å²) in [7, 11) is 0. The van der Waals surface area contributed by atoms with E-state index in [2.05, 4.69) is 4.98 Å². The highest BCUT2D eigenvalue weighted by molar-refractivity contribution is 5.88. The molecule has 1 heterocycles. The number of benzene rings is 1. The quantitative estimate of drug-likeness (QED) is 0.922. The Balaban J connectivity index is 0.00000162. The van der Waals surface area contributed by atoms with E-state index in [0.717, 1.165) is 11.1 Å². The average Bonchev–Trinajstić information content (AvgIpc) is 2.38. The molecule has 4 heteroatoms. The predicted octanol–water partition coefficient (Wildman–Crippen LogP) is 3.37. The number of hydrogen-bond acceptors (Lipinski definition) is 2. The van der Waals surface area contributed by atoms with Crippen LogP contribution in [0, 0.1) is 0 Å². The number of carbonyl (C=O) groups is 1. The van der Waals surface area contributed by atoms with Gasteiger partial charge >= 0.3 is 5.97 Å². The third-order valence-electron chi connectivity index (χ3n) is 2.33. The Labute approximate surface area is 111 Å². The molecule has 1 N–H and O–H groups in total. The maximum Gasteiger partial charge on any atom is 0.335 e. The SMILES string of the molecule is Cl.O=C(O)c1ccc(/C=C/c2ccncc2)cc1. The molecule has 2 aromatic rings. The molecule has 0 aliphatic carbocycles. The van der Waals surface area contributed by atoms with Gasteiger partial charge in [0.15, 0.2) is 0 Å². The first-order chi connectivity index (χ1) is 8.25. The summed E-state index contributed by atoms with van der Waals surface area (Å²) >= 11 is 0. The van der Waals surface area contributed by atoms with Gasteiger partial charge in [0.2, 0.25) is 0 Å². The van der Waals surface area contributed by atoms with E-state index in [1.165, 1.54) is 0 Å². The number of aromatic carboxylic acids is 1. The molecular formula is C14H12ClNO2. The Kier molecular flexibility index (Phi) is 5.08. The second-order valence-corrected chi connectivity index (χ2v) is 3.54. The fraction of sp³-hybridized carbons (Fsp3) is 0. The second kappa shape index (κ2) is 6.57. The molecule has 18 heavy (non-hydrogen) atoms. The van der Waals surface area contributed by atoms with Crippen molar-refractivity contribution < 1.29 is 9.90 Å². The third-order valence-corrected chi connectivity index (χ3v) is 2.33. The van der Waals surface area contributed by atoms with Gasteiger partial charge in [-0.25, -0.2) is 4.79 Å². The van der Waals surface area contributed by atoms with Crippen LogP contribution in [0.4, 0.5) is 0 Å². The van der Waals surface area contributed by atoms with Gasteiger partial charge in [-0.05, 0) is 35.4 Å². The normalized spacial score (nSPS) is 10.0. The molecule has 1 aromatic heterocycles. The molecule has 0 radical (unpaired) electrons. The van der Waals surface area contributed by atoms with E-state index in [1.54, 1.807) is 36.7 Å². The summed E-state index contributed by atoms with van der Waals surface area (Å²) in [6, 6.07) is 10.6. The van der Waals surface area contributed by atoms with Crippen molar-refractivity contribution >= 4 is 30.5 Å². The first-order valence-electron chi connectivity index (χ1n) is 5.17. The lowest BCUT2D eigenvalue weighted by atomic mass is 10.1. The number of halogens is 1. The molecule has 0 atom stereocenters. The van der Waals surface area contributed by atoms with E-state index in [4.69, 9.17) is 5.11 Å².